The third kappa shape index (κ3) is 14.9. The number of esters is 1. The van der Waals surface area contributed by atoms with Crippen LogP contribution in [0.5, 0.6) is 0 Å². The smallest absolute Gasteiger partial charge is 0.333 e. The van der Waals surface area contributed by atoms with Gasteiger partial charge in [0.25, 0.3) is 0 Å². The number of aliphatic hydroxyl groups is 1. The molecule has 0 radical (unpaired) electrons. The molecule has 0 aromatic heterocycles. The summed E-state index contributed by atoms with van der Waals surface area (Å²) in [6.07, 6.45) is 2.21. The summed E-state index contributed by atoms with van der Waals surface area (Å²) in [5.41, 5.74) is 0.411. The molecule has 0 aromatic carbocycles. The molecule has 0 saturated heterocycles. The van der Waals surface area contributed by atoms with Gasteiger partial charge < -0.3 is 14.9 Å². The van der Waals surface area contributed by atoms with Gasteiger partial charge in [-0.25, -0.2) is 9.59 Å². The van der Waals surface area contributed by atoms with Crippen molar-refractivity contribution in [3.05, 3.63) is 24.8 Å². The topological polar surface area (TPSA) is 83.8 Å². The summed E-state index contributed by atoms with van der Waals surface area (Å²) in [6, 6.07) is 0. The monoisotopic (exact) mass is 230 g/mol. The van der Waals surface area contributed by atoms with Gasteiger partial charge >= 0.3 is 11.9 Å². The van der Waals surface area contributed by atoms with Gasteiger partial charge in [-0.1, -0.05) is 13.2 Å². The second-order valence-corrected chi connectivity index (χ2v) is 2.89. The largest absolute Gasteiger partial charge is 0.478 e. The number of aliphatic hydroxyl groups excluding tert-OH is 1. The number of carbonyl (C=O) groups is 2. The highest BCUT2D eigenvalue weighted by Crippen LogP contribution is 1.94. The first-order chi connectivity index (χ1) is 7.45. The third-order valence-electron chi connectivity index (χ3n) is 1.31. The molecule has 16 heavy (non-hydrogen) atoms. The zero-order valence-electron chi connectivity index (χ0n) is 9.44. The normalized spacial score (nSPS) is 8.38. The Bertz CT molecular complexity index is 245. The van der Waals surface area contributed by atoms with Crippen LogP contribution in [0.25, 0.3) is 0 Å². The maximum Gasteiger partial charge on any atom is 0.333 e. The lowest BCUT2D eigenvalue weighted by molar-refractivity contribution is -0.139. The maximum absolute atomic E-state index is 10.7. The molecule has 0 bridgehead atoms. The van der Waals surface area contributed by atoms with Crippen molar-refractivity contribution in [3.63, 3.8) is 0 Å². The van der Waals surface area contributed by atoms with Crippen LogP contribution in [0.1, 0.15) is 19.8 Å². The molecule has 0 spiro atoms. The number of unbranched alkanes of at least 4 members (excludes halogenated alkanes) is 1. The van der Waals surface area contributed by atoms with Crippen molar-refractivity contribution in [3.8, 4) is 0 Å². The van der Waals surface area contributed by atoms with Gasteiger partial charge in [0, 0.05) is 18.3 Å². The molecule has 0 aromatic rings. The summed E-state index contributed by atoms with van der Waals surface area (Å²) in [4.78, 5) is 20.0. The molecule has 0 heterocycles. The van der Waals surface area contributed by atoms with E-state index in [4.69, 9.17) is 14.9 Å². The Balaban J connectivity index is 0. The van der Waals surface area contributed by atoms with E-state index in [1.54, 1.807) is 6.92 Å². The molecular weight excluding hydrogens is 212 g/mol. The van der Waals surface area contributed by atoms with E-state index >= 15 is 0 Å². The molecule has 5 heteroatoms. The molecule has 92 valence electrons. The summed E-state index contributed by atoms with van der Waals surface area (Å²) in [6.45, 7) is 8.51. The van der Waals surface area contributed by atoms with Crippen LogP contribution < -0.4 is 0 Å². The van der Waals surface area contributed by atoms with Crippen LogP contribution in [-0.4, -0.2) is 35.4 Å². The van der Waals surface area contributed by atoms with E-state index in [9.17, 15) is 9.59 Å². The van der Waals surface area contributed by atoms with Crippen LogP contribution in [0.4, 0.5) is 0 Å². The first kappa shape index (κ1) is 16.8. The van der Waals surface area contributed by atoms with Gasteiger partial charge in [-0.05, 0) is 19.8 Å². The highest BCUT2D eigenvalue weighted by Gasteiger charge is 2.00. The van der Waals surface area contributed by atoms with Gasteiger partial charge in [-0.15, -0.1) is 0 Å². The third-order valence-corrected chi connectivity index (χ3v) is 1.31. The minimum absolute atomic E-state index is 0.143. The zero-order chi connectivity index (χ0) is 13.0. The van der Waals surface area contributed by atoms with Crippen molar-refractivity contribution in [1.82, 2.24) is 0 Å². The Morgan fingerprint density at radius 1 is 1.38 bits per heavy atom. The number of aliphatic carboxylic acids is 1. The van der Waals surface area contributed by atoms with Crippen molar-refractivity contribution in [1.29, 1.82) is 0 Å². The number of ether oxygens (including phenoxy) is 1. The first-order valence-electron chi connectivity index (χ1n) is 4.74. The number of hydrogen-bond donors (Lipinski definition) is 2. The fraction of sp³-hybridized carbons (Fsp3) is 0.455. The van der Waals surface area contributed by atoms with E-state index in [2.05, 4.69) is 13.2 Å². The summed E-state index contributed by atoms with van der Waals surface area (Å²) in [5, 5.41) is 16.0. The quantitative estimate of drug-likeness (QED) is 0.406. The summed E-state index contributed by atoms with van der Waals surface area (Å²) >= 11 is 0. The predicted molar refractivity (Wildman–Crippen MR) is 59.9 cm³/mol. The molecule has 0 unspecified atom stereocenters. The van der Waals surface area contributed by atoms with Crippen LogP contribution in [0.3, 0.4) is 0 Å². The molecule has 0 rings (SSSR count). The summed E-state index contributed by atoms with van der Waals surface area (Å²) in [7, 11) is 0. The van der Waals surface area contributed by atoms with Crippen molar-refractivity contribution >= 4 is 11.9 Å². The molecule has 0 aliphatic heterocycles. The highest BCUT2D eigenvalue weighted by atomic mass is 16.5. The van der Waals surface area contributed by atoms with Crippen LogP contribution in [0.15, 0.2) is 24.8 Å². The second kappa shape index (κ2) is 11.5. The van der Waals surface area contributed by atoms with Gasteiger partial charge in [0.05, 0.1) is 6.61 Å². The number of carboxylic acid groups (broad SMARTS) is 1. The molecule has 0 aliphatic rings. The summed E-state index contributed by atoms with van der Waals surface area (Å²) in [5.74, 6) is -1.34. The zero-order valence-corrected chi connectivity index (χ0v) is 9.44. The molecule has 2 N–H and O–H groups in total. The number of carbonyl (C=O) groups excluding carboxylic acids is 1. The van der Waals surface area contributed by atoms with E-state index in [-0.39, 0.29) is 12.6 Å². The predicted octanol–water partition coefficient (Wildman–Crippen LogP) is 1.14. The molecule has 0 fully saturated rings. The van der Waals surface area contributed by atoms with Crippen LogP contribution in [-0.2, 0) is 14.3 Å². The van der Waals surface area contributed by atoms with E-state index in [1.165, 1.54) is 0 Å². The molecular formula is C11H18O5. The van der Waals surface area contributed by atoms with Crippen LogP contribution in [0, 0.1) is 0 Å². The Labute approximate surface area is 95.0 Å². The minimum Gasteiger partial charge on any atom is -0.478 e. The first-order valence-corrected chi connectivity index (χ1v) is 4.74. The average Bonchev–Trinajstić information content (AvgIpc) is 2.24. The molecule has 0 atom stereocenters. The average molecular weight is 230 g/mol. The van der Waals surface area contributed by atoms with Crippen LogP contribution in [0.2, 0.25) is 0 Å². The molecule has 0 amide bonds. The van der Waals surface area contributed by atoms with Crippen molar-refractivity contribution < 1.29 is 24.5 Å². The minimum atomic E-state index is -0.981. The SMILES string of the molecule is C=C(C)C(=O)OCCCCO.C=CC(=O)O. The van der Waals surface area contributed by atoms with Gasteiger partial charge in [-0.3, -0.25) is 0 Å². The van der Waals surface area contributed by atoms with E-state index in [0.29, 0.717) is 25.0 Å². The van der Waals surface area contributed by atoms with E-state index in [0.717, 1.165) is 6.08 Å². The second-order valence-electron chi connectivity index (χ2n) is 2.89. The van der Waals surface area contributed by atoms with Crippen LogP contribution >= 0.6 is 0 Å². The standard InChI is InChI=1S/C8H14O3.C3H4O2/c1-7(2)8(10)11-6-4-3-5-9;1-2-3(4)5/h9H,1,3-6H2,2H3;2H,1H2,(H,4,5). The number of hydrogen-bond acceptors (Lipinski definition) is 4. The number of carboxylic acids is 1. The number of rotatable bonds is 6. The Morgan fingerprint density at radius 3 is 2.19 bits per heavy atom. The maximum atomic E-state index is 10.7. The Morgan fingerprint density at radius 2 is 1.88 bits per heavy atom. The van der Waals surface area contributed by atoms with Gasteiger partial charge in [-0.2, -0.15) is 0 Å². The Kier molecular flexibility index (Phi) is 12.0. The lowest BCUT2D eigenvalue weighted by Crippen LogP contribution is -2.06. The highest BCUT2D eigenvalue weighted by molar-refractivity contribution is 5.86. The van der Waals surface area contributed by atoms with Gasteiger partial charge in [0.1, 0.15) is 0 Å². The summed E-state index contributed by atoms with van der Waals surface area (Å²) < 4.78 is 4.76. The molecule has 0 saturated carbocycles. The molecule has 0 aliphatic carbocycles. The van der Waals surface area contributed by atoms with E-state index in [1.807, 2.05) is 0 Å². The Hall–Kier alpha value is -1.62. The fourth-order valence-corrected chi connectivity index (χ4v) is 0.502. The van der Waals surface area contributed by atoms with Gasteiger partial charge in [0.15, 0.2) is 0 Å². The lowest BCUT2D eigenvalue weighted by Gasteiger charge is -2.01. The lowest BCUT2D eigenvalue weighted by atomic mass is 10.3. The van der Waals surface area contributed by atoms with Crippen molar-refractivity contribution in [2.45, 2.75) is 19.8 Å². The van der Waals surface area contributed by atoms with E-state index < -0.39 is 5.97 Å². The molecule has 5 nitrogen and oxygen atoms in total. The van der Waals surface area contributed by atoms with Crippen molar-refractivity contribution in [2.24, 2.45) is 0 Å². The van der Waals surface area contributed by atoms with Crippen molar-refractivity contribution in [2.75, 3.05) is 13.2 Å². The fourth-order valence-electron chi connectivity index (χ4n) is 0.502. The van der Waals surface area contributed by atoms with Gasteiger partial charge in [0.2, 0.25) is 0 Å².